The molecule has 0 fully saturated rings. The van der Waals surface area contributed by atoms with E-state index in [1.54, 1.807) is 12.0 Å². The van der Waals surface area contributed by atoms with Crippen LogP contribution in [0.3, 0.4) is 0 Å². The lowest BCUT2D eigenvalue weighted by molar-refractivity contribution is -0.130. The van der Waals surface area contributed by atoms with Crippen molar-refractivity contribution in [2.45, 2.75) is 44.9 Å². The lowest BCUT2D eigenvalue weighted by Gasteiger charge is -2.34. The van der Waals surface area contributed by atoms with Crippen molar-refractivity contribution in [2.24, 2.45) is 5.41 Å². The zero-order valence-electron chi connectivity index (χ0n) is 12.1. The molecule has 0 saturated carbocycles. The minimum Gasteiger partial charge on any atom is -0.385 e. The van der Waals surface area contributed by atoms with Gasteiger partial charge in [0.05, 0.1) is 0 Å². The highest BCUT2D eigenvalue weighted by atomic mass is 16.5. The molecular formula is C15H27NO2. The van der Waals surface area contributed by atoms with Crippen LogP contribution in [0.15, 0.2) is 12.2 Å². The number of hydrogen-bond donors (Lipinski definition) is 0. The van der Waals surface area contributed by atoms with Gasteiger partial charge in [-0.2, -0.15) is 0 Å². The second kappa shape index (κ2) is 7.57. The van der Waals surface area contributed by atoms with E-state index in [-0.39, 0.29) is 11.3 Å². The van der Waals surface area contributed by atoms with Crippen LogP contribution in [-0.2, 0) is 9.53 Å². The Morgan fingerprint density at radius 1 is 1.39 bits per heavy atom. The summed E-state index contributed by atoms with van der Waals surface area (Å²) >= 11 is 0. The molecule has 18 heavy (non-hydrogen) atoms. The number of ether oxygens (including phenoxy) is 1. The van der Waals surface area contributed by atoms with Gasteiger partial charge in [0.2, 0.25) is 5.91 Å². The summed E-state index contributed by atoms with van der Waals surface area (Å²) in [5.41, 5.74) is 0.105. The van der Waals surface area contributed by atoms with Gasteiger partial charge in [0, 0.05) is 34.2 Å². The molecular weight excluding hydrogens is 226 g/mol. The summed E-state index contributed by atoms with van der Waals surface area (Å²) < 4.78 is 5.09. The maximum absolute atomic E-state index is 12.0. The third-order valence-electron chi connectivity index (χ3n) is 3.79. The van der Waals surface area contributed by atoms with Gasteiger partial charge >= 0.3 is 0 Å². The molecule has 0 radical (unpaired) electrons. The molecule has 0 N–H and O–H groups in total. The normalized spacial score (nSPS) is 23.1. The van der Waals surface area contributed by atoms with Gasteiger partial charge in [0.1, 0.15) is 0 Å². The minimum atomic E-state index is 0.105. The van der Waals surface area contributed by atoms with Crippen molar-refractivity contribution >= 4 is 5.91 Å². The summed E-state index contributed by atoms with van der Waals surface area (Å²) in [4.78, 5) is 13.7. The average molecular weight is 253 g/mol. The fourth-order valence-electron chi connectivity index (χ4n) is 2.62. The van der Waals surface area contributed by atoms with Crippen molar-refractivity contribution < 1.29 is 9.53 Å². The Kier molecular flexibility index (Phi) is 6.41. The second-order valence-electron chi connectivity index (χ2n) is 5.57. The van der Waals surface area contributed by atoms with Crippen molar-refractivity contribution in [3.63, 3.8) is 0 Å². The van der Waals surface area contributed by atoms with E-state index in [9.17, 15) is 4.79 Å². The van der Waals surface area contributed by atoms with Crippen molar-refractivity contribution in [3.8, 4) is 0 Å². The highest BCUT2D eigenvalue weighted by Gasteiger charge is 2.31. The van der Waals surface area contributed by atoms with Crippen LogP contribution in [0.25, 0.3) is 0 Å². The van der Waals surface area contributed by atoms with Crippen molar-refractivity contribution in [1.82, 2.24) is 4.90 Å². The first-order chi connectivity index (χ1) is 8.59. The molecule has 0 aromatic rings. The molecule has 1 aliphatic rings. The maximum Gasteiger partial charge on any atom is 0.222 e. The molecule has 1 aliphatic carbocycles. The molecule has 0 aromatic carbocycles. The quantitative estimate of drug-likeness (QED) is 0.515. The summed E-state index contributed by atoms with van der Waals surface area (Å²) in [5.74, 6) is 0.244. The molecule has 1 amide bonds. The third kappa shape index (κ3) is 4.81. The van der Waals surface area contributed by atoms with E-state index >= 15 is 0 Å². The van der Waals surface area contributed by atoms with Crippen LogP contribution in [-0.4, -0.2) is 38.6 Å². The molecule has 0 aromatic heterocycles. The fraction of sp³-hybridized carbons (Fsp3) is 0.800. The van der Waals surface area contributed by atoms with Crippen LogP contribution >= 0.6 is 0 Å². The van der Waals surface area contributed by atoms with Gasteiger partial charge in [-0.1, -0.05) is 18.6 Å². The first kappa shape index (κ1) is 15.2. The minimum absolute atomic E-state index is 0.105. The lowest BCUT2D eigenvalue weighted by Crippen LogP contribution is -2.31. The molecule has 0 bridgehead atoms. The van der Waals surface area contributed by atoms with E-state index in [4.69, 9.17) is 4.74 Å². The Labute approximate surface area is 111 Å². The topological polar surface area (TPSA) is 29.5 Å². The van der Waals surface area contributed by atoms with Crippen LogP contribution in [0.2, 0.25) is 0 Å². The van der Waals surface area contributed by atoms with E-state index in [2.05, 4.69) is 12.2 Å². The fourth-order valence-corrected chi connectivity index (χ4v) is 2.62. The number of hydrogen-bond acceptors (Lipinski definition) is 2. The number of amides is 1. The molecule has 0 aliphatic heterocycles. The molecule has 1 rings (SSSR count). The Morgan fingerprint density at radius 3 is 2.72 bits per heavy atom. The standard InChI is InChI=1S/C15H27NO2/c1-16(2)14(17)13-15(9-5-4-6-10-15)11-7-8-12-18-3/h5,9H,4,6-8,10-13H2,1-3H3/t15-/m1/s1. The lowest BCUT2D eigenvalue weighted by atomic mass is 9.72. The largest absolute Gasteiger partial charge is 0.385 e. The van der Waals surface area contributed by atoms with Crippen LogP contribution < -0.4 is 0 Å². The number of rotatable bonds is 7. The van der Waals surface area contributed by atoms with Crippen LogP contribution in [0.5, 0.6) is 0 Å². The van der Waals surface area contributed by atoms with E-state index < -0.39 is 0 Å². The predicted molar refractivity (Wildman–Crippen MR) is 74.5 cm³/mol. The molecule has 0 spiro atoms. The zero-order chi connectivity index (χ0) is 13.4. The Morgan fingerprint density at radius 2 is 2.17 bits per heavy atom. The Bertz CT molecular complexity index is 286. The van der Waals surface area contributed by atoms with E-state index in [0.29, 0.717) is 6.42 Å². The average Bonchev–Trinajstić information content (AvgIpc) is 2.36. The molecule has 0 unspecified atom stereocenters. The third-order valence-corrected chi connectivity index (χ3v) is 3.79. The van der Waals surface area contributed by atoms with Gasteiger partial charge in [-0.15, -0.1) is 0 Å². The number of nitrogens with zero attached hydrogens (tertiary/aromatic N) is 1. The highest BCUT2D eigenvalue weighted by molar-refractivity contribution is 5.76. The van der Waals surface area contributed by atoms with E-state index in [1.165, 1.54) is 6.42 Å². The van der Waals surface area contributed by atoms with Crippen molar-refractivity contribution in [3.05, 3.63) is 12.2 Å². The first-order valence-electron chi connectivity index (χ1n) is 6.96. The predicted octanol–water partition coefficient (Wildman–Crippen LogP) is 3.01. The van der Waals surface area contributed by atoms with Crippen molar-refractivity contribution in [1.29, 1.82) is 0 Å². The summed E-state index contributed by atoms with van der Waals surface area (Å²) in [6, 6.07) is 0. The number of methoxy groups -OCH3 is 1. The number of unbranched alkanes of at least 4 members (excludes halogenated alkanes) is 1. The number of allylic oxidation sites excluding steroid dienone is 2. The van der Waals surface area contributed by atoms with Gasteiger partial charge in [-0.05, 0) is 37.5 Å². The smallest absolute Gasteiger partial charge is 0.222 e. The van der Waals surface area contributed by atoms with Crippen molar-refractivity contribution in [2.75, 3.05) is 27.8 Å². The van der Waals surface area contributed by atoms with Crippen LogP contribution in [0.4, 0.5) is 0 Å². The van der Waals surface area contributed by atoms with Gasteiger partial charge < -0.3 is 9.64 Å². The van der Waals surface area contributed by atoms with Gasteiger partial charge in [-0.3, -0.25) is 4.79 Å². The summed E-state index contributed by atoms with van der Waals surface area (Å²) in [6.45, 7) is 0.821. The second-order valence-corrected chi connectivity index (χ2v) is 5.57. The summed E-state index contributed by atoms with van der Waals surface area (Å²) in [6.07, 6.45) is 12.1. The SMILES string of the molecule is COCCCC[C@@]1(CC(=O)N(C)C)C=CCCC1. The van der Waals surface area contributed by atoms with Gasteiger partial charge in [0.15, 0.2) is 0 Å². The monoisotopic (exact) mass is 253 g/mol. The molecule has 3 nitrogen and oxygen atoms in total. The molecule has 1 atom stereocenters. The molecule has 0 heterocycles. The zero-order valence-corrected chi connectivity index (χ0v) is 12.1. The maximum atomic E-state index is 12.0. The Balaban J connectivity index is 2.55. The van der Waals surface area contributed by atoms with E-state index in [0.717, 1.165) is 38.7 Å². The first-order valence-corrected chi connectivity index (χ1v) is 6.96. The van der Waals surface area contributed by atoms with Crippen LogP contribution in [0, 0.1) is 5.41 Å². The number of carbonyl (C=O) groups is 1. The molecule has 0 saturated heterocycles. The summed E-state index contributed by atoms with van der Waals surface area (Å²) in [7, 11) is 5.42. The molecule has 104 valence electrons. The summed E-state index contributed by atoms with van der Waals surface area (Å²) in [5, 5.41) is 0. The molecule has 3 heteroatoms. The van der Waals surface area contributed by atoms with Gasteiger partial charge in [-0.25, -0.2) is 0 Å². The van der Waals surface area contributed by atoms with Gasteiger partial charge in [0.25, 0.3) is 0 Å². The Hall–Kier alpha value is -0.830. The van der Waals surface area contributed by atoms with Crippen LogP contribution in [0.1, 0.15) is 44.9 Å². The number of carbonyl (C=O) groups excluding carboxylic acids is 1. The highest BCUT2D eigenvalue weighted by Crippen LogP contribution is 2.39. The van der Waals surface area contributed by atoms with E-state index in [1.807, 2.05) is 14.1 Å².